The van der Waals surface area contributed by atoms with Crippen molar-refractivity contribution < 1.29 is 9.90 Å². The summed E-state index contributed by atoms with van der Waals surface area (Å²) in [5.74, 6) is 1.66. The Bertz CT molecular complexity index is 1010. The highest BCUT2D eigenvalue weighted by Gasteiger charge is 2.37. The minimum absolute atomic E-state index is 0.00976. The molecule has 0 spiro atoms. The minimum atomic E-state index is -0.612. The van der Waals surface area contributed by atoms with E-state index in [0.29, 0.717) is 17.9 Å². The van der Waals surface area contributed by atoms with Crippen molar-refractivity contribution in [1.29, 1.82) is 0 Å². The highest BCUT2D eigenvalue weighted by Crippen LogP contribution is 2.32. The van der Waals surface area contributed by atoms with E-state index in [1.807, 2.05) is 29.8 Å². The van der Waals surface area contributed by atoms with Gasteiger partial charge in [-0.2, -0.15) is 0 Å². The van der Waals surface area contributed by atoms with Crippen molar-refractivity contribution in [1.82, 2.24) is 24.4 Å². The van der Waals surface area contributed by atoms with Crippen molar-refractivity contribution >= 4 is 28.5 Å². The van der Waals surface area contributed by atoms with E-state index in [4.69, 9.17) is 11.6 Å². The van der Waals surface area contributed by atoms with Crippen molar-refractivity contribution in [2.75, 3.05) is 7.05 Å². The molecule has 0 bridgehead atoms. The van der Waals surface area contributed by atoms with Gasteiger partial charge in [-0.1, -0.05) is 11.6 Å². The lowest BCUT2D eigenvalue weighted by atomic mass is 9.86. The lowest BCUT2D eigenvalue weighted by Crippen LogP contribution is -2.50. The second kappa shape index (κ2) is 8.16. The predicted molar refractivity (Wildman–Crippen MR) is 112 cm³/mol. The second-order valence-corrected chi connectivity index (χ2v) is 8.22. The summed E-state index contributed by atoms with van der Waals surface area (Å²) in [5.41, 5.74) is 1.71. The summed E-state index contributed by atoms with van der Waals surface area (Å²) in [7, 11) is 1.79. The standard InChI is InChI=1S/C21H26ClN5O2/c1-13-23-10-11-27(13)18-5-3-4-17(21(18)29)26(2)20(28)9-8-19-24-15-7-6-14(22)12-16(15)25-19/h6-7,10-12,17-18,21,29H,3-5,8-9H2,1-2H3,(H,24,25)/t17-,18-,21-/m1/s1. The van der Waals surface area contributed by atoms with Crippen LogP contribution in [0.2, 0.25) is 5.02 Å². The summed E-state index contributed by atoms with van der Waals surface area (Å²) < 4.78 is 2.02. The van der Waals surface area contributed by atoms with Crippen LogP contribution in [0.25, 0.3) is 11.0 Å². The number of aromatic amines is 1. The number of nitrogens with one attached hydrogen (secondary N) is 1. The van der Waals surface area contributed by atoms with E-state index in [9.17, 15) is 9.90 Å². The van der Waals surface area contributed by atoms with Gasteiger partial charge in [0.25, 0.3) is 0 Å². The van der Waals surface area contributed by atoms with E-state index in [-0.39, 0.29) is 18.0 Å². The third-order valence-corrected chi connectivity index (χ3v) is 6.20. The molecule has 1 fully saturated rings. The van der Waals surface area contributed by atoms with Gasteiger partial charge in [0.2, 0.25) is 5.91 Å². The fourth-order valence-corrected chi connectivity index (χ4v) is 4.51. The molecule has 1 aromatic carbocycles. The molecule has 0 radical (unpaired) electrons. The first-order valence-electron chi connectivity index (χ1n) is 10.0. The molecule has 3 atom stereocenters. The summed E-state index contributed by atoms with van der Waals surface area (Å²) in [6.07, 6.45) is 6.55. The van der Waals surface area contributed by atoms with E-state index in [2.05, 4.69) is 15.0 Å². The predicted octanol–water partition coefficient (Wildman–Crippen LogP) is 3.27. The average Bonchev–Trinajstić information content (AvgIpc) is 3.31. The van der Waals surface area contributed by atoms with E-state index >= 15 is 0 Å². The van der Waals surface area contributed by atoms with E-state index in [1.54, 1.807) is 24.2 Å². The van der Waals surface area contributed by atoms with Crippen LogP contribution in [-0.2, 0) is 11.2 Å². The zero-order valence-corrected chi connectivity index (χ0v) is 17.4. The monoisotopic (exact) mass is 415 g/mol. The number of imidazole rings is 2. The normalized spacial score (nSPS) is 22.1. The number of carbonyl (C=O) groups excluding carboxylic acids is 1. The Labute approximate surface area is 174 Å². The molecule has 1 saturated carbocycles. The number of likely N-dealkylation sites (N-methyl/N-ethyl adjacent to an activating group) is 1. The van der Waals surface area contributed by atoms with Crippen LogP contribution in [0.5, 0.6) is 0 Å². The Morgan fingerprint density at radius 3 is 3.00 bits per heavy atom. The number of hydrogen-bond donors (Lipinski definition) is 2. The third-order valence-electron chi connectivity index (χ3n) is 5.97. The fraction of sp³-hybridized carbons (Fsp3) is 0.476. The second-order valence-electron chi connectivity index (χ2n) is 7.79. The summed E-state index contributed by atoms with van der Waals surface area (Å²) in [6.45, 7) is 1.94. The zero-order valence-electron chi connectivity index (χ0n) is 16.7. The van der Waals surface area contributed by atoms with Gasteiger partial charge in [-0.25, -0.2) is 9.97 Å². The summed E-state index contributed by atoms with van der Waals surface area (Å²) in [5, 5.41) is 11.6. The number of H-pyrrole nitrogens is 1. The minimum Gasteiger partial charge on any atom is -0.389 e. The van der Waals surface area contributed by atoms with E-state index in [0.717, 1.165) is 41.9 Å². The van der Waals surface area contributed by atoms with Gasteiger partial charge in [-0.15, -0.1) is 0 Å². The number of aryl methyl sites for hydroxylation is 2. The van der Waals surface area contributed by atoms with Crippen LogP contribution >= 0.6 is 11.6 Å². The molecule has 0 unspecified atom stereocenters. The number of aromatic nitrogens is 4. The fourth-order valence-electron chi connectivity index (χ4n) is 4.34. The van der Waals surface area contributed by atoms with Crippen molar-refractivity contribution in [3.63, 3.8) is 0 Å². The molecule has 3 aromatic rings. The number of aliphatic hydroxyl groups excluding tert-OH is 1. The first-order chi connectivity index (χ1) is 13.9. The van der Waals surface area contributed by atoms with Crippen LogP contribution in [0.1, 0.15) is 43.4 Å². The van der Waals surface area contributed by atoms with Gasteiger partial charge in [-0.05, 0) is 44.4 Å². The zero-order chi connectivity index (χ0) is 20.5. The molecule has 2 N–H and O–H groups in total. The largest absolute Gasteiger partial charge is 0.389 e. The Hall–Kier alpha value is -2.38. The molecule has 0 aliphatic heterocycles. The third kappa shape index (κ3) is 4.02. The lowest BCUT2D eigenvalue weighted by Gasteiger charge is -2.40. The molecule has 154 valence electrons. The van der Waals surface area contributed by atoms with Crippen LogP contribution < -0.4 is 0 Å². The number of benzene rings is 1. The highest BCUT2D eigenvalue weighted by atomic mass is 35.5. The quantitative estimate of drug-likeness (QED) is 0.669. The molecule has 1 aliphatic carbocycles. The number of amides is 1. The molecule has 4 rings (SSSR count). The summed E-state index contributed by atoms with van der Waals surface area (Å²) >= 11 is 6.02. The number of fused-ring (bicyclic) bond motifs is 1. The molecule has 29 heavy (non-hydrogen) atoms. The molecule has 0 saturated heterocycles. The molecule has 1 aliphatic rings. The van der Waals surface area contributed by atoms with Gasteiger partial charge in [-0.3, -0.25) is 4.79 Å². The van der Waals surface area contributed by atoms with Gasteiger partial charge < -0.3 is 19.6 Å². The van der Waals surface area contributed by atoms with Gasteiger partial charge in [0.15, 0.2) is 0 Å². The Balaban J connectivity index is 1.40. The maximum atomic E-state index is 12.8. The maximum absolute atomic E-state index is 12.8. The molecule has 1 amide bonds. The van der Waals surface area contributed by atoms with Crippen LogP contribution in [0.4, 0.5) is 0 Å². The van der Waals surface area contributed by atoms with Gasteiger partial charge in [0, 0.05) is 37.3 Å². The van der Waals surface area contributed by atoms with Gasteiger partial charge >= 0.3 is 0 Å². The summed E-state index contributed by atoms with van der Waals surface area (Å²) in [6, 6.07) is 5.25. The van der Waals surface area contributed by atoms with Gasteiger partial charge in [0.05, 0.1) is 29.2 Å². The highest BCUT2D eigenvalue weighted by molar-refractivity contribution is 6.31. The first-order valence-corrected chi connectivity index (χ1v) is 10.4. The Morgan fingerprint density at radius 1 is 1.41 bits per heavy atom. The van der Waals surface area contributed by atoms with Crippen LogP contribution in [-0.4, -0.2) is 54.6 Å². The van der Waals surface area contributed by atoms with Crippen molar-refractivity contribution in [2.24, 2.45) is 0 Å². The molecule has 2 heterocycles. The number of nitrogens with zero attached hydrogens (tertiary/aromatic N) is 4. The van der Waals surface area contributed by atoms with Crippen LogP contribution in [0.3, 0.4) is 0 Å². The molecular formula is C21H26ClN5O2. The van der Waals surface area contributed by atoms with Crippen molar-refractivity contribution in [3.05, 3.63) is 47.3 Å². The van der Waals surface area contributed by atoms with Crippen LogP contribution in [0, 0.1) is 6.92 Å². The number of rotatable bonds is 5. The summed E-state index contributed by atoms with van der Waals surface area (Å²) in [4.78, 5) is 26.6. The van der Waals surface area contributed by atoms with Gasteiger partial charge in [0.1, 0.15) is 11.6 Å². The van der Waals surface area contributed by atoms with Crippen molar-refractivity contribution in [2.45, 2.75) is 57.2 Å². The molecule has 8 heteroatoms. The number of halogens is 1. The maximum Gasteiger partial charge on any atom is 0.223 e. The average molecular weight is 416 g/mol. The van der Waals surface area contributed by atoms with E-state index in [1.165, 1.54) is 0 Å². The smallest absolute Gasteiger partial charge is 0.223 e. The SMILES string of the molecule is Cc1nccn1[C@@H]1CCC[C@@H](N(C)C(=O)CCc2nc3ccc(Cl)cc3[nH]2)[C@H]1O. The topological polar surface area (TPSA) is 87.0 Å². The molecule has 2 aromatic heterocycles. The molecular weight excluding hydrogens is 390 g/mol. The van der Waals surface area contributed by atoms with Crippen LogP contribution in [0.15, 0.2) is 30.6 Å². The Morgan fingerprint density at radius 2 is 2.24 bits per heavy atom. The molecule has 7 nitrogen and oxygen atoms in total. The number of hydrogen-bond acceptors (Lipinski definition) is 4. The Kier molecular flexibility index (Phi) is 5.61. The van der Waals surface area contributed by atoms with E-state index < -0.39 is 6.10 Å². The number of carbonyl (C=O) groups is 1. The number of aliphatic hydroxyl groups is 1. The first kappa shape index (κ1) is 19.9. The lowest BCUT2D eigenvalue weighted by molar-refractivity contribution is -0.136. The van der Waals surface area contributed by atoms with Crippen molar-refractivity contribution in [3.8, 4) is 0 Å².